The molecular formula is C20H30IN5OS. The van der Waals surface area contributed by atoms with Crippen LogP contribution in [0.2, 0.25) is 0 Å². The standard InChI is InChI=1S/C20H29N5OS.HI/c1-3-21-19(23-14-16-8-4-5-9-18(16)26-2)22-11-10-17-15-27-20(24-17)25-12-6-7-13-25;/h4-5,8-9,15H,3,6-7,10-14H2,1-2H3,(H2,21,22,23);1H. The second-order valence-corrected chi connectivity index (χ2v) is 7.34. The fourth-order valence-corrected chi connectivity index (χ4v) is 4.03. The first-order chi connectivity index (χ1) is 13.3. The molecule has 0 atom stereocenters. The lowest BCUT2D eigenvalue weighted by molar-refractivity contribution is 0.410. The molecule has 28 heavy (non-hydrogen) atoms. The third-order valence-corrected chi connectivity index (χ3v) is 5.48. The van der Waals surface area contributed by atoms with Crippen LogP contribution in [0.3, 0.4) is 0 Å². The van der Waals surface area contributed by atoms with Crippen molar-refractivity contribution >= 4 is 46.4 Å². The number of para-hydroxylation sites is 1. The molecule has 0 bridgehead atoms. The van der Waals surface area contributed by atoms with Crippen LogP contribution in [-0.4, -0.2) is 44.2 Å². The van der Waals surface area contributed by atoms with Gasteiger partial charge in [-0.3, -0.25) is 0 Å². The molecule has 1 aliphatic heterocycles. The molecule has 0 spiro atoms. The van der Waals surface area contributed by atoms with Gasteiger partial charge in [-0.1, -0.05) is 18.2 Å². The van der Waals surface area contributed by atoms with E-state index in [1.54, 1.807) is 18.4 Å². The molecule has 1 saturated heterocycles. The molecule has 1 aliphatic rings. The first kappa shape index (κ1) is 22.7. The second kappa shape index (κ2) is 12.1. The fourth-order valence-electron chi connectivity index (χ4n) is 3.11. The van der Waals surface area contributed by atoms with Gasteiger partial charge in [0.05, 0.1) is 19.3 Å². The molecule has 0 saturated carbocycles. The number of methoxy groups -OCH3 is 1. The van der Waals surface area contributed by atoms with Gasteiger partial charge in [-0.15, -0.1) is 35.3 Å². The number of aromatic nitrogens is 1. The van der Waals surface area contributed by atoms with E-state index in [2.05, 4.69) is 32.8 Å². The Kier molecular flexibility index (Phi) is 9.83. The lowest BCUT2D eigenvalue weighted by Gasteiger charge is -2.13. The van der Waals surface area contributed by atoms with Crippen LogP contribution < -0.4 is 20.3 Å². The highest BCUT2D eigenvalue weighted by molar-refractivity contribution is 14.0. The van der Waals surface area contributed by atoms with Gasteiger partial charge < -0.3 is 20.3 Å². The number of hydrogen-bond donors (Lipinski definition) is 2. The van der Waals surface area contributed by atoms with Gasteiger partial charge in [0, 0.05) is 43.5 Å². The Labute approximate surface area is 188 Å². The number of nitrogens with one attached hydrogen (secondary N) is 2. The number of aliphatic imine (C=N–C) groups is 1. The van der Waals surface area contributed by atoms with Crippen LogP contribution in [0.25, 0.3) is 0 Å². The van der Waals surface area contributed by atoms with Crippen LogP contribution in [0.15, 0.2) is 34.6 Å². The molecule has 154 valence electrons. The number of thiazole rings is 1. The predicted octanol–water partition coefficient (Wildman–Crippen LogP) is 3.67. The number of guanidine groups is 1. The minimum atomic E-state index is 0. The average molecular weight is 515 g/mol. The first-order valence-corrected chi connectivity index (χ1v) is 10.5. The number of hydrogen-bond acceptors (Lipinski definition) is 5. The summed E-state index contributed by atoms with van der Waals surface area (Å²) in [6, 6.07) is 7.99. The number of ether oxygens (including phenoxy) is 1. The Bertz CT molecular complexity index is 746. The van der Waals surface area contributed by atoms with Crippen molar-refractivity contribution in [2.75, 3.05) is 38.2 Å². The summed E-state index contributed by atoms with van der Waals surface area (Å²) in [5.41, 5.74) is 2.22. The summed E-state index contributed by atoms with van der Waals surface area (Å²) >= 11 is 1.75. The maximum Gasteiger partial charge on any atom is 0.191 e. The lowest BCUT2D eigenvalue weighted by Crippen LogP contribution is -2.38. The maximum atomic E-state index is 5.40. The van der Waals surface area contributed by atoms with Crippen molar-refractivity contribution in [3.63, 3.8) is 0 Å². The summed E-state index contributed by atoms with van der Waals surface area (Å²) in [6.45, 7) is 6.57. The van der Waals surface area contributed by atoms with Gasteiger partial charge in [0.2, 0.25) is 0 Å². The van der Waals surface area contributed by atoms with Crippen molar-refractivity contribution in [1.82, 2.24) is 15.6 Å². The topological polar surface area (TPSA) is 61.8 Å². The van der Waals surface area contributed by atoms with Crippen molar-refractivity contribution in [1.29, 1.82) is 0 Å². The summed E-state index contributed by atoms with van der Waals surface area (Å²) in [6.07, 6.45) is 3.46. The molecule has 0 aliphatic carbocycles. The van der Waals surface area contributed by atoms with E-state index in [1.807, 2.05) is 24.3 Å². The molecule has 0 radical (unpaired) electrons. The summed E-state index contributed by atoms with van der Waals surface area (Å²) in [7, 11) is 1.69. The number of nitrogens with zero attached hydrogens (tertiary/aromatic N) is 3. The molecule has 6 nitrogen and oxygen atoms in total. The molecule has 0 unspecified atom stereocenters. The molecule has 8 heteroatoms. The Morgan fingerprint density at radius 1 is 1.25 bits per heavy atom. The number of anilines is 1. The molecule has 0 amide bonds. The Morgan fingerprint density at radius 3 is 2.79 bits per heavy atom. The van der Waals surface area contributed by atoms with Gasteiger partial charge in [0.1, 0.15) is 5.75 Å². The second-order valence-electron chi connectivity index (χ2n) is 6.50. The van der Waals surface area contributed by atoms with Crippen LogP contribution >= 0.6 is 35.3 Å². The minimum Gasteiger partial charge on any atom is -0.496 e. The molecule has 1 fully saturated rings. The molecule has 1 aromatic carbocycles. The van der Waals surface area contributed by atoms with Crippen molar-refractivity contribution < 1.29 is 4.74 Å². The van der Waals surface area contributed by atoms with E-state index in [9.17, 15) is 0 Å². The molecule has 2 aromatic rings. The van der Waals surface area contributed by atoms with E-state index in [0.717, 1.165) is 55.6 Å². The van der Waals surface area contributed by atoms with Crippen LogP contribution in [-0.2, 0) is 13.0 Å². The number of rotatable bonds is 8. The van der Waals surface area contributed by atoms with E-state index >= 15 is 0 Å². The number of benzene rings is 1. The van der Waals surface area contributed by atoms with Crippen molar-refractivity contribution in [3.05, 3.63) is 40.9 Å². The largest absolute Gasteiger partial charge is 0.496 e. The number of halogens is 1. The zero-order valence-corrected chi connectivity index (χ0v) is 19.8. The third-order valence-electron chi connectivity index (χ3n) is 4.53. The van der Waals surface area contributed by atoms with Gasteiger partial charge in [0.15, 0.2) is 11.1 Å². The summed E-state index contributed by atoms with van der Waals surface area (Å²) in [4.78, 5) is 11.8. The van der Waals surface area contributed by atoms with Gasteiger partial charge in [0.25, 0.3) is 0 Å². The highest BCUT2D eigenvalue weighted by atomic mass is 127. The molecule has 3 rings (SSSR count). The van der Waals surface area contributed by atoms with Gasteiger partial charge in [-0.05, 0) is 25.8 Å². The smallest absolute Gasteiger partial charge is 0.191 e. The van der Waals surface area contributed by atoms with E-state index in [1.165, 1.54) is 18.0 Å². The SMILES string of the molecule is CCNC(=NCc1ccccc1OC)NCCc1csc(N2CCCC2)n1.I. The van der Waals surface area contributed by atoms with E-state index in [0.29, 0.717) is 6.54 Å². The van der Waals surface area contributed by atoms with Crippen LogP contribution in [0.1, 0.15) is 31.0 Å². The first-order valence-electron chi connectivity index (χ1n) is 9.63. The van der Waals surface area contributed by atoms with Crippen LogP contribution in [0.4, 0.5) is 5.13 Å². The van der Waals surface area contributed by atoms with E-state index in [4.69, 9.17) is 9.72 Å². The normalized spacial score (nSPS) is 13.9. The quantitative estimate of drug-likeness (QED) is 0.319. The Hall–Kier alpha value is -1.55. The van der Waals surface area contributed by atoms with Crippen molar-refractivity contribution in [3.8, 4) is 5.75 Å². The summed E-state index contributed by atoms with van der Waals surface area (Å²) in [5.74, 6) is 1.69. The zero-order chi connectivity index (χ0) is 18.9. The van der Waals surface area contributed by atoms with Crippen molar-refractivity contribution in [2.24, 2.45) is 4.99 Å². The molecular weight excluding hydrogens is 485 g/mol. The minimum absolute atomic E-state index is 0. The van der Waals surface area contributed by atoms with Crippen LogP contribution in [0, 0.1) is 0 Å². The monoisotopic (exact) mass is 515 g/mol. The third kappa shape index (κ3) is 6.51. The maximum absolute atomic E-state index is 5.40. The zero-order valence-electron chi connectivity index (χ0n) is 16.6. The fraction of sp³-hybridized carbons (Fsp3) is 0.500. The van der Waals surface area contributed by atoms with Gasteiger partial charge in [-0.2, -0.15) is 0 Å². The molecule has 2 heterocycles. The van der Waals surface area contributed by atoms with Crippen LogP contribution in [0.5, 0.6) is 5.75 Å². The van der Waals surface area contributed by atoms with E-state index < -0.39 is 0 Å². The average Bonchev–Trinajstić information content (AvgIpc) is 3.38. The molecule has 2 N–H and O–H groups in total. The lowest BCUT2D eigenvalue weighted by atomic mass is 10.2. The summed E-state index contributed by atoms with van der Waals surface area (Å²) in [5, 5.41) is 10.0. The van der Waals surface area contributed by atoms with E-state index in [-0.39, 0.29) is 24.0 Å². The molecule has 1 aromatic heterocycles. The van der Waals surface area contributed by atoms with Gasteiger partial charge in [-0.25, -0.2) is 9.98 Å². The Balaban J connectivity index is 0.00000280. The summed E-state index contributed by atoms with van der Waals surface area (Å²) < 4.78 is 5.40. The Morgan fingerprint density at radius 2 is 2.04 bits per heavy atom. The van der Waals surface area contributed by atoms with Crippen molar-refractivity contribution in [2.45, 2.75) is 32.7 Å². The highest BCUT2D eigenvalue weighted by Crippen LogP contribution is 2.24. The predicted molar refractivity (Wildman–Crippen MR) is 128 cm³/mol. The van der Waals surface area contributed by atoms with Gasteiger partial charge >= 0.3 is 0 Å². The highest BCUT2D eigenvalue weighted by Gasteiger charge is 2.15.